The molecule has 0 saturated carbocycles. The van der Waals surface area contributed by atoms with Crippen LogP contribution in [0.2, 0.25) is 5.02 Å². The van der Waals surface area contributed by atoms with Gasteiger partial charge in [0.15, 0.2) is 5.13 Å². The van der Waals surface area contributed by atoms with E-state index in [-0.39, 0.29) is 11.6 Å². The summed E-state index contributed by atoms with van der Waals surface area (Å²) in [5.41, 5.74) is 9.39. The van der Waals surface area contributed by atoms with Crippen LogP contribution in [0.5, 0.6) is 0 Å². The van der Waals surface area contributed by atoms with Gasteiger partial charge in [0.1, 0.15) is 11.4 Å². The molecule has 10 heteroatoms. The minimum Gasteiger partial charge on any atom is -0.364 e. The van der Waals surface area contributed by atoms with Gasteiger partial charge in [-0.15, -0.1) is 11.3 Å². The van der Waals surface area contributed by atoms with E-state index in [4.69, 9.17) is 17.3 Å². The van der Waals surface area contributed by atoms with Crippen molar-refractivity contribution in [3.8, 4) is 28.2 Å². The summed E-state index contributed by atoms with van der Waals surface area (Å²) in [7, 11) is 0. The first-order valence-corrected chi connectivity index (χ1v) is 11.4. The number of carbonyl (C=O) groups is 2. The standard InChI is InChI=1S/C24H17ClN6O2S/c25-16-8-6-14(7-9-16)21-18(12-31(30-21)17-4-2-1-3-5-17)23(33)29-24-28-20(13-34-24)15-10-19(22(26)32)27-11-15/h1-13,27H,(H2,26,32)(H,28,29,33). The SMILES string of the molecule is NC(=O)c1cc(-c2csc(NC(=O)c3cn(-c4ccccc4)nc3-c3ccc(Cl)cc3)n2)c[nH]1. The highest BCUT2D eigenvalue weighted by molar-refractivity contribution is 7.14. The largest absolute Gasteiger partial charge is 0.364 e. The van der Waals surface area contributed by atoms with Crippen LogP contribution in [0.25, 0.3) is 28.2 Å². The Bertz CT molecular complexity index is 1490. The minimum atomic E-state index is -0.555. The second-order valence-electron chi connectivity index (χ2n) is 7.34. The first-order chi connectivity index (χ1) is 16.5. The number of carbonyl (C=O) groups excluding carboxylic acids is 2. The molecule has 3 heterocycles. The zero-order valence-corrected chi connectivity index (χ0v) is 19.1. The molecule has 5 aromatic rings. The van der Waals surface area contributed by atoms with Crippen LogP contribution in [0, 0.1) is 0 Å². The van der Waals surface area contributed by atoms with Crippen molar-refractivity contribution in [3.05, 3.63) is 94.7 Å². The lowest BCUT2D eigenvalue weighted by Gasteiger charge is -2.03. The van der Waals surface area contributed by atoms with E-state index in [0.29, 0.717) is 32.7 Å². The Labute approximate surface area is 203 Å². The van der Waals surface area contributed by atoms with E-state index in [9.17, 15) is 9.59 Å². The molecule has 0 aliphatic heterocycles. The van der Waals surface area contributed by atoms with E-state index in [2.05, 4.69) is 20.4 Å². The van der Waals surface area contributed by atoms with Gasteiger partial charge in [-0.25, -0.2) is 9.67 Å². The molecule has 0 atom stereocenters. The smallest absolute Gasteiger partial charge is 0.265 e. The van der Waals surface area contributed by atoms with Crippen molar-refractivity contribution in [2.75, 3.05) is 5.32 Å². The number of anilines is 1. The summed E-state index contributed by atoms with van der Waals surface area (Å²) in [4.78, 5) is 31.9. The molecular formula is C24H17ClN6O2S. The van der Waals surface area contributed by atoms with Gasteiger partial charge in [-0.2, -0.15) is 5.10 Å². The van der Waals surface area contributed by atoms with E-state index < -0.39 is 5.91 Å². The lowest BCUT2D eigenvalue weighted by atomic mass is 10.1. The predicted octanol–water partition coefficient (Wildman–Crippen LogP) is 5.00. The monoisotopic (exact) mass is 488 g/mol. The Kier molecular flexibility index (Phi) is 5.70. The number of rotatable bonds is 6. The van der Waals surface area contributed by atoms with Crippen LogP contribution in [-0.2, 0) is 0 Å². The summed E-state index contributed by atoms with van der Waals surface area (Å²) in [5, 5.41) is 10.3. The van der Waals surface area contributed by atoms with Crippen LogP contribution in [0.4, 0.5) is 5.13 Å². The number of amides is 2. The molecule has 3 aromatic heterocycles. The summed E-state index contributed by atoms with van der Waals surface area (Å²) in [5.74, 6) is -0.903. The van der Waals surface area contributed by atoms with Gasteiger partial charge in [0.2, 0.25) is 0 Å². The van der Waals surface area contributed by atoms with Crippen molar-refractivity contribution < 1.29 is 9.59 Å². The molecule has 0 unspecified atom stereocenters. The Hall–Kier alpha value is -4.21. The molecule has 0 bridgehead atoms. The number of benzene rings is 2. The first-order valence-electron chi connectivity index (χ1n) is 10.1. The zero-order chi connectivity index (χ0) is 23.7. The summed E-state index contributed by atoms with van der Waals surface area (Å²) >= 11 is 7.32. The predicted molar refractivity (Wildman–Crippen MR) is 132 cm³/mol. The maximum Gasteiger partial charge on any atom is 0.265 e. The minimum absolute atomic E-state index is 0.287. The quantitative estimate of drug-likeness (QED) is 0.311. The molecule has 5 rings (SSSR count). The number of nitrogens with one attached hydrogen (secondary N) is 2. The molecule has 0 radical (unpaired) electrons. The fourth-order valence-electron chi connectivity index (χ4n) is 3.39. The van der Waals surface area contributed by atoms with Crippen molar-refractivity contribution in [2.45, 2.75) is 0 Å². The van der Waals surface area contributed by atoms with Gasteiger partial charge in [0.25, 0.3) is 11.8 Å². The second-order valence-corrected chi connectivity index (χ2v) is 8.63. The van der Waals surface area contributed by atoms with Crippen LogP contribution >= 0.6 is 22.9 Å². The molecule has 168 valence electrons. The van der Waals surface area contributed by atoms with Crippen LogP contribution < -0.4 is 11.1 Å². The number of hydrogen-bond acceptors (Lipinski definition) is 5. The third-order valence-electron chi connectivity index (χ3n) is 5.07. The Morgan fingerprint density at radius 2 is 1.82 bits per heavy atom. The number of thiazole rings is 1. The molecule has 0 aliphatic rings. The number of aromatic nitrogens is 4. The van der Waals surface area contributed by atoms with Crippen LogP contribution in [0.15, 0.2) is 78.4 Å². The first kappa shape index (κ1) is 21.6. The van der Waals surface area contributed by atoms with Crippen molar-refractivity contribution in [2.24, 2.45) is 5.73 Å². The lowest BCUT2D eigenvalue weighted by molar-refractivity contribution is 0.0994. The van der Waals surface area contributed by atoms with Crippen molar-refractivity contribution in [1.29, 1.82) is 0 Å². The van der Waals surface area contributed by atoms with E-state index in [1.54, 1.807) is 40.7 Å². The van der Waals surface area contributed by atoms with E-state index in [1.165, 1.54) is 11.3 Å². The number of nitrogens with zero attached hydrogens (tertiary/aromatic N) is 3. The fourth-order valence-corrected chi connectivity index (χ4v) is 4.23. The van der Waals surface area contributed by atoms with Gasteiger partial charge in [-0.3, -0.25) is 14.9 Å². The summed E-state index contributed by atoms with van der Waals surface area (Å²) in [6, 6.07) is 18.3. The van der Waals surface area contributed by atoms with E-state index in [0.717, 1.165) is 11.3 Å². The molecule has 2 aromatic carbocycles. The number of para-hydroxylation sites is 1. The van der Waals surface area contributed by atoms with Gasteiger partial charge in [0, 0.05) is 33.9 Å². The summed E-state index contributed by atoms with van der Waals surface area (Å²) < 4.78 is 1.66. The summed E-state index contributed by atoms with van der Waals surface area (Å²) in [6.07, 6.45) is 3.33. The number of aromatic amines is 1. The topological polar surface area (TPSA) is 119 Å². The summed E-state index contributed by atoms with van der Waals surface area (Å²) in [6.45, 7) is 0. The highest BCUT2D eigenvalue weighted by Crippen LogP contribution is 2.28. The molecule has 4 N–H and O–H groups in total. The molecule has 2 amide bonds. The molecular weight excluding hydrogens is 472 g/mol. The van der Waals surface area contributed by atoms with Gasteiger partial charge < -0.3 is 10.7 Å². The van der Waals surface area contributed by atoms with Gasteiger partial charge in [-0.1, -0.05) is 41.9 Å². The van der Waals surface area contributed by atoms with Gasteiger partial charge >= 0.3 is 0 Å². The molecule has 34 heavy (non-hydrogen) atoms. The normalized spacial score (nSPS) is 10.9. The van der Waals surface area contributed by atoms with Crippen LogP contribution in [-0.4, -0.2) is 31.6 Å². The Morgan fingerprint density at radius 3 is 2.53 bits per heavy atom. The zero-order valence-electron chi connectivity index (χ0n) is 17.5. The highest BCUT2D eigenvalue weighted by atomic mass is 35.5. The second kappa shape index (κ2) is 8.97. The number of nitrogens with two attached hydrogens (primary N) is 1. The van der Waals surface area contributed by atoms with Crippen molar-refractivity contribution in [3.63, 3.8) is 0 Å². The van der Waals surface area contributed by atoms with Crippen molar-refractivity contribution in [1.82, 2.24) is 19.7 Å². The average molecular weight is 489 g/mol. The van der Waals surface area contributed by atoms with Crippen LogP contribution in [0.1, 0.15) is 20.8 Å². The van der Waals surface area contributed by atoms with Gasteiger partial charge in [0.05, 0.1) is 16.9 Å². The fraction of sp³-hybridized carbons (Fsp3) is 0. The maximum absolute atomic E-state index is 13.3. The van der Waals surface area contributed by atoms with Crippen LogP contribution in [0.3, 0.4) is 0 Å². The van der Waals surface area contributed by atoms with E-state index in [1.807, 2.05) is 42.5 Å². The van der Waals surface area contributed by atoms with Gasteiger partial charge in [-0.05, 0) is 30.3 Å². The van der Waals surface area contributed by atoms with E-state index >= 15 is 0 Å². The number of halogens is 1. The number of H-pyrrole nitrogens is 1. The third kappa shape index (κ3) is 4.34. The third-order valence-corrected chi connectivity index (χ3v) is 6.08. The number of hydrogen-bond donors (Lipinski definition) is 3. The molecule has 0 fully saturated rings. The average Bonchev–Trinajstić information content (AvgIpc) is 3.59. The molecule has 0 aliphatic carbocycles. The Balaban J connectivity index is 1.46. The maximum atomic E-state index is 13.3. The highest BCUT2D eigenvalue weighted by Gasteiger charge is 2.20. The Morgan fingerprint density at radius 1 is 1.06 bits per heavy atom. The molecule has 0 saturated heterocycles. The lowest BCUT2D eigenvalue weighted by Crippen LogP contribution is -2.12. The molecule has 8 nitrogen and oxygen atoms in total. The number of primary amides is 1. The van der Waals surface area contributed by atoms with Crippen molar-refractivity contribution >= 4 is 39.9 Å². The molecule has 0 spiro atoms.